The van der Waals surface area contributed by atoms with Crippen LogP contribution in [0.25, 0.3) is 0 Å². The molecule has 0 bridgehead atoms. The van der Waals surface area contributed by atoms with Crippen molar-refractivity contribution in [3.8, 4) is 0 Å². The van der Waals surface area contributed by atoms with Crippen molar-refractivity contribution in [2.24, 2.45) is 4.99 Å². The fraction of sp³-hybridized carbons (Fsp3) is 0.727. The molecule has 0 saturated heterocycles. The van der Waals surface area contributed by atoms with E-state index in [2.05, 4.69) is 23.9 Å². The predicted molar refractivity (Wildman–Crippen MR) is 60.7 cm³/mol. The van der Waals surface area contributed by atoms with Crippen LogP contribution in [-0.2, 0) is 0 Å². The second kappa shape index (κ2) is 3.14. The lowest BCUT2D eigenvalue weighted by Crippen LogP contribution is -2.21. The lowest BCUT2D eigenvalue weighted by atomic mass is 9.59. The molecule has 3 heteroatoms. The highest BCUT2D eigenvalue weighted by molar-refractivity contribution is 6.18. The van der Waals surface area contributed by atoms with Crippen LogP contribution in [0.1, 0.15) is 32.6 Å². The number of hydrogen-bond donors (Lipinski definition) is 0. The standard InChI is InChI=1S/C11H17BN2/c1-11(12)6-4-5-9-8(11)7-10(13-2)14(9)3/h4-7H2,1-3H3. The number of hydrogen-bond acceptors (Lipinski definition) is 1. The monoisotopic (exact) mass is 188 g/mol. The summed E-state index contributed by atoms with van der Waals surface area (Å²) in [5.41, 5.74) is 2.83. The van der Waals surface area contributed by atoms with E-state index >= 15 is 0 Å². The SMILES string of the molecule is [B]C1(C)CCCC2=C1CC(=NC)N2C. The zero-order valence-corrected chi connectivity index (χ0v) is 9.30. The molecule has 1 aliphatic heterocycles. The molecule has 2 rings (SSSR count). The van der Waals surface area contributed by atoms with Gasteiger partial charge >= 0.3 is 0 Å². The van der Waals surface area contributed by atoms with Crippen molar-refractivity contribution in [1.82, 2.24) is 4.90 Å². The summed E-state index contributed by atoms with van der Waals surface area (Å²) >= 11 is 0. The van der Waals surface area contributed by atoms with Gasteiger partial charge in [-0.15, -0.1) is 0 Å². The van der Waals surface area contributed by atoms with Crippen molar-refractivity contribution in [3.05, 3.63) is 11.3 Å². The lowest BCUT2D eigenvalue weighted by Gasteiger charge is -2.33. The molecular weight excluding hydrogens is 171 g/mol. The van der Waals surface area contributed by atoms with Crippen LogP contribution in [0.15, 0.2) is 16.3 Å². The Labute approximate surface area is 87.5 Å². The summed E-state index contributed by atoms with van der Waals surface area (Å²) in [6.07, 6.45) is 4.43. The third kappa shape index (κ3) is 1.30. The maximum atomic E-state index is 6.30. The largest absolute Gasteiger partial charge is 0.337 e. The highest BCUT2D eigenvalue weighted by Gasteiger charge is 2.36. The molecule has 0 N–H and O–H groups in total. The first-order valence-corrected chi connectivity index (χ1v) is 5.27. The fourth-order valence-electron chi connectivity index (χ4n) is 2.59. The minimum absolute atomic E-state index is 0.103. The molecule has 2 radical (unpaired) electrons. The van der Waals surface area contributed by atoms with Gasteiger partial charge in [-0.3, -0.25) is 4.99 Å². The molecule has 0 aromatic heterocycles. The molecule has 0 aromatic carbocycles. The minimum atomic E-state index is -0.103. The molecule has 0 fully saturated rings. The fourth-order valence-corrected chi connectivity index (χ4v) is 2.59. The van der Waals surface area contributed by atoms with Gasteiger partial charge in [0.05, 0.1) is 7.85 Å². The quantitative estimate of drug-likeness (QED) is 0.531. The maximum Gasteiger partial charge on any atom is 0.107 e. The van der Waals surface area contributed by atoms with E-state index in [-0.39, 0.29) is 5.31 Å². The second-order valence-electron chi connectivity index (χ2n) is 4.57. The Bertz CT molecular complexity index is 315. The van der Waals surface area contributed by atoms with Gasteiger partial charge < -0.3 is 4.90 Å². The molecular formula is C11H17BN2. The molecule has 1 aliphatic carbocycles. The second-order valence-corrected chi connectivity index (χ2v) is 4.57. The molecule has 0 aromatic rings. The first-order valence-electron chi connectivity index (χ1n) is 5.27. The third-order valence-corrected chi connectivity index (χ3v) is 3.53. The van der Waals surface area contributed by atoms with E-state index in [1.54, 1.807) is 0 Å². The van der Waals surface area contributed by atoms with Gasteiger partial charge in [-0.05, 0) is 23.7 Å². The van der Waals surface area contributed by atoms with Crippen LogP contribution in [0.4, 0.5) is 0 Å². The van der Waals surface area contributed by atoms with Crippen LogP contribution in [-0.4, -0.2) is 32.7 Å². The number of aliphatic imine (C=N–C) groups is 1. The highest BCUT2D eigenvalue weighted by Crippen LogP contribution is 2.49. The smallest absolute Gasteiger partial charge is 0.107 e. The van der Waals surface area contributed by atoms with Gasteiger partial charge in [0.2, 0.25) is 0 Å². The predicted octanol–water partition coefficient (Wildman–Crippen LogP) is 2.14. The summed E-state index contributed by atoms with van der Waals surface area (Å²) < 4.78 is 0. The van der Waals surface area contributed by atoms with Crippen LogP contribution in [0.2, 0.25) is 5.31 Å². The zero-order chi connectivity index (χ0) is 10.3. The Kier molecular flexibility index (Phi) is 2.21. The Morgan fingerprint density at radius 2 is 2.21 bits per heavy atom. The van der Waals surface area contributed by atoms with E-state index in [1.807, 2.05) is 7.05 Å². The van der Waals surface area contributed by atoms with Crippen LogP contribution in [0.5, 0.6) is 0 Å². The Balaban J connectivity index is 2.38. The van der Waals surface area contributed by atoms with Crippen LogP contribution in [0.3, 0.4) is 0 Å². The highest BCUT2D eigenvalue weighted by atomic mass is 15.2. The molecule has 0 amide bonds. The van der Waals surface area contributed by atoms with E-state index in [1.165, 1.54) is 17.7 Å². The first kappa shape index (κ1) is 9.82. The van der Waals surface area contributed by atoms with Crippen molar-refractivity contribution in [1.29, 1.82) is 0 Å². The molecule has 0 saturated carbocycles. The van der Waals surface area contributed by atoms with Gasteiger partial charge in [0.15, 0.2) is 0 Å². The summed E-state index contributed by atoms with van der Waals surface area (Å²) in [5.74, 6) is 1.16. The zero-order valence-electron chi connectivity index (χ0n) is 9.30. The summed E-state index contributed by atoms with van der Waals surface area (Å²) in [7, 11) is 10.3. The number of amidine groups is 1. The summed E-state index contributed by atoms with van der Waals surface area (Å²) in [6, 6.07) is 0. The van der Waals surface area contributed by atoms with Crippen molar-refractivity contribution in [2.75, 3.05) is 14.1 Å². The lowest BCUT2D eigenvalue weighted by molar-refractivity contribution is 0.498. The first-order chi connectivity index (χ1) is 6.56. The number of rotatable bonds is 0. The normalized spacial score (nSPS) is 35.4. The number of allylic oxidation sites excluding steroid dienone is 1. The van der Waals surface area contributed by atoms with Gasteiger partial charge in [0, 0.05) is 26.2 Å². The average Bonchev–Trinajstić information content (AvgIpc) is 2.45. The molecule has 74 valence electrons. The Morgan fingerprint density at radius 1 is 1.50 bits per heavy atom. The van der Waals surface area contributed by atoms with Gasteiger partial charge in [-0.2, -0.15) is 0 Å². The third-order valence-electron chi connectivity index (χ3n) is 3.53. The van der Waals surface area contributed by atoms with Crippen LogP contribution in [0, 0.1) is 0 Å². The van der Waals surface area contributed by atoms with Crippen LogP contribution < -0.4 is 0 Å². The Hall–Kier alpha value is -0.725. The van der Waals surface area contributed by atoms with E-state index in [0.29, 0.717) is 0 Å². The van der Waals surface area contributed by atoms with Gasteiger partial charge in [0.25, 0.3) is 0 Å². The van der Waals surface area contributed by atoms with Crippen molar-refractivity contribution >= 4 is 13.7 Å². The van der Waals surface area contributed by atoms with Crippen LogP contribution >= 0.6 is 0 Å². The van der Waals surface area contributed by atoms with Gasteiger partial charge in [0.1, 0.15) is 5.84 Å². The molecule has 1 unspecified atom stereocenters. The molecule has 1 heterocycles. The van der Waals surface area contributed by atoms with E-state index < -0.39 is 0 Å². The van der Waals surface area contributed by atoms with Gasteiger partial charge in [-0.1, -0.05) is 13.3 Å². The van der Waals surface area contributed by atoms with E-state index in [4.69, 9.17) is 7.85 Å². The summed E-state index contributed by atoms with van der Waals surface area (Å²) in [6.45, 7) is 2.15. The van der Waals surface area contributed by atoms with Crippen molar-refractivity contribution < 1.29 is 0 Å². The van der Waals surface area contributed by atoms with Crippen molar-refractivity contribution in [2.45, 2.75) is 37.9 Å². The van der Waals surface area contributed by atoms with E-state index in [0.717, 1.165) is 25.1 Å². The molecule has 1 atom stereocenters. The average molecular weight is 188 g/mol. The van der Waals surface area contributed by atoms with Crippen molar-refractivity contribution in [3.63, 3.8) is 0 Å². The topological polar surface area (TPSA) is 15.6 Å². The molecule has 14 heavy (non-hydrogen) atoms. The molecule has 2 aliphatic rings. The summed E-state index contributed by atoms with van der Waals surface area (Å²) in [5, 5.41) is -0.103. The summed E-state index contributed by atoms with van der Waals surface area (Å²) in [4.78, 5) is 6.53. The Morgan fingerprint density at radius 3 is 2.79 bits per heavy atom. The van der Waals surface area contributed by atoms with Gasteiger partial charge in [-0.25, -0.2) is 0 Å². The minimum Gasteiger partial charge on any atom is -0.337 e. The maximum absolute atomic E-state index is 6.30. The van der Waals surface area contributed by atoms with E-state index in [9.17, 15) is 0 Å². The number of nitrogens with zero attached hydrogens (tertiary/aromatic N) is 2. The molecule has 2 nitrogen and oxygen atoms in total. The molecule has 0 spiro atoms.